The van der Waals surface area contributed by atoms with Crippen molar-refractivity contribution < 1.29 is 8.42 Å². The summed E-state index contributed by atoms with van der Waals surface area (Å²) in [5.74, 6) is 0. The van der Waals surface area contributed by atoms with Gasteiger partial charge in [0.05, 0.1) is 0 Å². The van der Waals surface area contributed by atoms with Gasteiger partial charge >= 0.3 is 0 Å². The Morgan fingerprint density at radius 2 is 2.15 bits per heavy atom. The molecule has 108 valence electrons. The minimum absolute atomic E-state index is 0.0364. The standard InChI is InChI=1S/C14H19N3O2S/c1-14(2)8-4-3-5-13(14)17-20(18,19)12-7-6-11(9-15)16-10-12/h6-7,10,13,17H,3-5,8H2,1-2H3. The van der Waals surface area contributed by atoms with Gasteiger partial charge in [-0.1, -0.05) is 26.7 Å². The Morgan fingerprint density at radius 1 is 1.40 bits per heavy atom. The lowest BCUT2D eigenvalue weighted by molar-refractivity contribution is 0.188. The highest BCUT2D eigenvalue weighted by Gasteiger charge is 2.35. The van der Waals surface area contributed by atoms with Crippen molar-refractivity contribution in [3.05, 3.63) is 24.0 Å². The molecule has 0 bridgehead atoms. The monoisotopic (exact) mass is 293 g/mol. The van der Waals surface area contributed by atoms with Crippen molar-refractivity contribution in [2.75, 3.05) is 0 Å². The van der Waals surface area contributed by atoms with E-state index < -0.39 is 10.0 Å². The van der Waals surface area contributed by atoms with Crippen LogP contribution < -0.4 is 4.72 Å². The van der Waals surface area contributed by atoms with E-state index in [2.05, 4.69) is 23.6 Å². The highest BCUT2D eigenvalue weighted by atomic mass is 32.2. The number of nitrogens with one attached hydrogen (secondary N) is 1. The summed E-state index contributed by atoms with van der Waals surface area (Å²) in [6, 6.07) is 4.65. The van der Waals surface area contributed by atoms with Gasteiger partial charge in [-0.2, -0.15) is 5.26 Å². The largest absolute Gasteiger partial charge is 0.244 e. The number of nitrogens with zero attached hydrogens (tertiary/aromatic N) is 2. The SMILES string of the molecule is CC1(C)CCCCC1NS(=O)(=O)c1ccc(C#N)nc1. The third kappa shape index (κ3) is 3.17. The van der Waals surface area contributed by atoms with Gasteiger partial charge in [0.2, 0.25) is 10.0 Å². The smallest absolute Gasteiger partial charge is 0.242 e. The van der Waals surface area contributed by atoms with Gasteiger partial charge in [-0.15, -0.1) is 0 Å². The Bertz CT molecular complexity index is 615. The normalized spacial score (nSPS) is 22.1. The molecule has 20 heavy (non-hydrogen) atoms. The summed E-state index contributed by atoms with van der Waals surface area (Å²) in [5.41, 5.74) is 0.174. The third-order valence-electron chi connectivity index (χ3n) is 3.97. The van der Waals surface area contributed by atoms with Crippen LogP contribution in [0.2, 0.25) is 0 Å². The van der Waals surface area contributed by atoms with Crippen molar-refractivity contribution in [2.45, 2.75) is 50.5 Å². The molecule has 0 spiro atoms. The summed E-state index contributed by atoms with van der Waals surface area (Å²) in [5, 5.41) is 8.68. The van der Waals surface area contributed by atoms with Gasteiger partial charge in [-0.3, -0.25) is 0 Å². The summed E-state index contributed by atoms with van der Waals surface area (Å²) in [7, 11) is -3.58. The van der Waals surface area contributed by atoms with E-state index in [1.807, 2.05) is 6.07 Å². The summed E-state index contributed by atoms with van der Waals surface area (Å²) in [6.07, 6.45) is 5.30. The van der Waals surface area contributed by atoms with Crippen LogP contribution in [-0.2, 0) is 10.0 Å². The Morgan fingerprint density at radius 3 is 2.70 bits per heavy atom. The van der Waals surface area contributed by atoms with Crippen LogP contribution in [0.1, 0.15) is 45.2 Å². The Kier molecular flexibility index (Phi) is 4.11. The number of hydrogen-bond acceptors (Lipinski definition) is 4. The van der Waals surface area contributed by atoms with E-state index in [1.165, 1.54) is 18.3 Å². The molecule has 1 aromatic heterocycles. The fourth-order valence-corrected chi connectivity index (χ4v) is 3.96. The molecule has 0 radical (unpaired) electrons. The fraction of sp³-hybridized carbons (Fsp3) is 0.571. The Balaban J connectivity index is 2.20. The summed E-state index contributed by atoms with van der Waals surface area (Å²) < 4.78 is 27.5. The number of rotatable bonds is 3. The first-order chi connectivity index (χ1) is 9.35. The molecule has 1 unspecified atom stereocenters. The van der Waals surface area contributed by atoms with Gasteiger partial charge in [0.1, 0.15) is 16.7 Å². The lowest BCUT2D eigenvalue weighted by Gasteiger charge is -2.38. The zero-order valence-electron chi connectivity index (χ0n) is 11.8. The second kappa shape index (κ2) is 5.51. The zero-order valence-corrected chi connectivity index (χ0v) is 12.6. The Labute approximate surface area is 120 Å². The molecule has 5 nitrogen and oxygen atoms in total. The molecular weight excluding hydrogens is 274 g/mol. The van der Waals surface area contributed by atoms with Crippen LogP contribution >= 0.6 is 0 Å². The first-order valence-electron chi connectivity index (χ1n) is 6.74. The summed E-state index contributed by atoms with van der Waals surface area (Å²) in [4.78, 5) is 3.92. The minimum Gasteiger partial charge on any atom is -0.244 e. The molecule has 1 aromatic rings. The van der Waals surface area contributed by atoms with Crippen molar-refractivity contribution in [2.24, 2.45) is 5.41 Å². The molecule has 1 atom stereocenters. The van der Waals surface area contributed by atoms with Gasteiger partial charge in [0.25, 0.3) is 0 Å². The van der Waals surface area contributed by atoms with E-state index in [9.17, 15) is 8.42 Å². The number of sulfonamides is 1. The molecule has 1 saturated carbocycles. The van der Waals surface area contributed by atoms with Gasteiger partial charge in [-0.25, -0.2) is 18.1 Å². The van der Waals surface area contributed by atoms with E-state index in [1.54, 1.807) is 0 Å². The molecule has 0 aromatic carbocycles. The maximum atomic E-state index is 12.4. The van der Waals surface area contributed by atoms with Crippen molar-refractivity contribution in [3.8, 4) is 6.07 Å². The molecule has 0 amide bonds. The fourth-order valence-electron chi connectivity index (χ4n) is 2.57. The van der Waals surface area contributed by atoms with E-state index >= 15 is 0 Å². The van der Waals surface area contributed by atoms with Gasteiger partial charge in [0, 0.05) is 12.2 Å². The molecule has 1 aliphatic carbocycles. The van der Waals surface area contributed by atoms with Crippen LogP contribution in [0.4, 0.5) is 0 Å². The molecule has 1 heterocycles. The maximum absolute atomic E-state index is 12.4. The van der Waals surface area contributed by atoms with E-state index in [4.69, 9.17) is 5.26 Å². The lowest BCUT2D eigenvalue weighted by atomic mass is 9.74. The number of hydrogen-bond donors (Lipinski definition) is 1. The van der Waals surface area contributed by atoms with Crippen molar-refractivity contribution in [1.29, 1.82) is 5.26 Å². The molecule has 0 saturated heterocycles. The van der Waals surface area contributed by atoms with E-state index in [-0.39, 0.29) is 22.0 Å². The minimum atomic E-state index is -3.58. The third-order valence-corrected chi connectivity index (χ3v) is 5.42. The highest BCUT2D eigenvalue weighted by molar-refractivity contribution is 7.89. The summed E-state index contributed by atoms with van der Waals surface area (Å²) >= 11 is 0. The molecule has 6 heteroatoms. The van der Waals surface area contributed by atoms with E-state index in [0.717, 1.165) is 25.7 Å². The number of nitriles is 1. The zero-order chi connectivity index (χ0) is 14.8. The quantitative estimate of drug-likeness (QED) is 0.926. The maximum Gasteiger partial charge on any atom is 0.242 e. The predicted octanol–water partition coefficient (Wildman–Crippen LogP) is 2.20. The van der Waals surface area contributed by atoms with Crippen molar-refractivity contribution in [3.63, 3.8) is 0 Å². The van der Waals surface area contributed by atoms with Crippen molar-refractivity contribution >= 4 is 10.0 Å². The van der Waals surface area contributed by atoms with Gasteiger partial charge in [-0.05, 0) is 30.4 Å². The molecular formula is C14H19N3O2S. The highest BCUT2D eigenvalue weighted by Crippen LogP contribution is 2.36. The molecule has 1 fully saturated rings. The summed E-state index contributed by atoms with van der Waals surface area (Å²) in [6.45, 7) is 4.19. The number of pyridine rings is 1. The second-order valence-corrected chi connectivity index (χ2v) is 7.61. The average Bonchev–Trinajstić information content (AvgIpc) is 2.41. The first-order valence-corrected chi connectivity index (χ1v) is 8.22. The van der Waals surface area contributed by atoms with Gasteiger partial charge in [0.15, 0.2) is 0 Å². The van der Waals surface area contributed by atoms with Crippen LogP contribution in [0.15, 0.2) is 23.2 Å². The van der Waals surface area contributed by atoms with Crippen molar-refractivity contribution in [1.82, 2.24) is 9.71 Å². The van der Waals surface area contributed by atoms with Crippen LogP contribution in [0.25, 0.3) is 0 Å². The van der Waals surface area contributed by atoms with Crippen LogP contribution in [0.5, 0.6) is 0 Å². The van der Waals surface area contributed by atoms with Crippen LogP contribution in [0, 0.1) is 16.7 Å². The van der Waals surface area contributed by atoms with Crippen LogP contribution in [-0.4, -0.2) is 19.4 Å². The average molecular weight is 293 g/mol. The topological polar surface area (TPSA) is 82.9 Å². The van der Waals surface area contributed by atoms with E-state index in [0.29, 0.717) is 0 Å². The van der Waals surface area contributed by atoms with Gasteiger partial charge < -0.3 is 0 Å². The Hall–Kier alpha value is -1.45. The van der Waals surface area contributed by atoms with Crippen LogP contribution in [0.3, 0.4) is 0 Å². The molecule has 0 aliphatic heterocycles. The molecule has 1 N–H and O–H groups in total. The predicted molar refractivity (Wildman–Crippen MR) is 75.3 cm³/mol. The second-order valence-electron chi connectivity index (χ2n) is 5.90. The molecule has 1 aliphatic rings. The molecule has 2 rings (SSSR count). The lowest BCUT2D eigenvalue weighted by Crippen LogP contribution is -2.46. The first kappa shape index (κ1) is 14.9. The number of aromatic nitrogens is 1.